The molecule has 28 heavy (non-hydrogen) atoms. The van der Waals surface area contributed by atoms with E-state index in [0.29, 0.717) is 31.7 Å². The summed E-state index contributed by atoms with van der Waals surface area (Å²) in [4.78, 5) is 19.5. The van der Waals surface area contributed by atoms with Crippen LogP contribution in [0.1, 0.15) is 12.7 Å². The number of hydrogen-bond acceptors (Lipinski definition) is 7. The zero-order valence-electron chi connectivity index (χ0n) is 15.3. The van der Waals surface area contributed by atoms with E-state index in [1.54, 1.807) is 10.7 Å². The van der Waals surface area contributed by atoms with Crippen LogP contribution in [-0.2, 0) is 11.3 Å². The number of halogens is 1. The summed E-state index contributed by atoms with van der Waals surface area (Å²) in [7, 11) is 0. The first-order valence-corrected chi connectivity index (χ1v) is 9.91. The predicted octanol–water partition coefficient (Wildman–Crippen LogP) is 2.60. The molecule has 0 aliphatic carbocycles. The molecule has 2 N–H and O–H groups in total. The second kappa shape index (κ2) is 7.02. The van der Waals surface area contributed by atoms with E-state index in [0.717, 1.165) is 33.5 Å². The van der Waals surface area contributed by atoms with Gasteiger partial charge in [-0.3, -0.25) is 0 Å². The van der Waals surface area contributed by atoms with Crippen LogP contribution in [0, 0.1) is 0 Å². The Morgan fingerprint density at radius 1 is 1.29 bits per heavy atom. The third-order valence-electron chi connectivity index (χ3n) is 4.79. The first kappa shape index (κ1) is 17.4. The van der Waals surface area contributed by atoms with Gasteiger partial charge in [-0.1, -0.05) is 12.1 Å². The van der Waals surface area contributed by atoms with Gasteiger partial charge in [0.1, 0.15) is 5.82 Å². The van der Waals surface area contributed by atoms with Crippen LogP contribution in [-0.4, -0.2) is 55.4 Å². The summed E-state index contributed by atoms with van der Waals surface area (Å²) >= 11 is 3.53. The fraction of sp³-hybridized carbons (Fsp3) is 0.333. The van der Waals surface area contributed by atoms with Gasteiger partial charge in [0.05, 0.1) is 47.5 Å². The average molecular weight is 443 g/mol. The number of rotatable bonds is 4. The van der Waals surface area contributed by atoms with Crippen molar-refractivity contribution in [3.63, 3.8) is 0 Å². The average Bonchev–Trinajstić information content (AvgIpc) is 3.30. The molecule has 9 nitrogen and oxygen atoms in total. The Hall–Kier alpha value is -2.72. The SMILES string of the molecule is C[C@@H]1COCCN1c1nc(NCc2nc3ccccc3[nH]2)n2ncc(Br)c2n1. The number of para-hydroxylation sites is 2. The first-order valence-electron chi connectivity index (χ1n) is 9.12. The van der Waals surface area contributed by atoms with Gasteiger partial charge in [0.15, 0.2) is 5.65 Å². The Bertz CT molecular complexity index is 1110. The molecule has 5 rings (SSSR count). The molecule has 3 aromatic heterocycles. The van der Waals surface area contributed by atoms with E-state index >= 15 is 0 Å². The lowest BCUT2D eigenvalue weighted by molar-refractivity contribution is 0.0981. The standard InChI is InChI=1S/C18H19BrN8O/c1-11-10-28-7-6-26(11)18-24-16-12(19)8-21-27(16)17(25-18)20-9-15-22-13-4-2-3-5-14(13)23-15/h2-5,8,11H,6-7,9-10H2,1H3,(H,22,23)(H,20,24,25)/t11-/m1/s1. The second-order valence-electron chi connectivity index (χ2n) is 6.75. The minimum atomic E-state index is 0.209. The fourth-order valence-electron chi connectivity index (χ4n) is 3.36. The third kappa shape index (κ3) is 3.08. The zero-order chi connectivity index (χ0) is 19.1. The van der Waals surface area contributed by atoms with Crippen molar-refractivity contribution in [3.8, 4) is 0 Å². The number of fused-ring (bicyclic) bond motifs is 2. The van der Waals surface area contributed by atoms with Crippen molar-refractivity contribution < 1.29 is 4.74 Å². The highest BCUT2D eigenvalue weighted by Crippen LogP contribution is 2.23. The molecule has 1 saturated heterocycles. The van der Waals surface area contributed by atoms with E-state index in [9.17, 15) is 0 Å². The number of benzene rings is 1. The fourth-order valence-corrected chi connectivity index (χ4v) is 3.71. The zero-order valence-corrected chi connectivity index (χ0v) is 16.8. The van der Waals surface area contributed by atoms with Gasteiger partial charge in [0.25, 0.3) is 0 Å². The summed E-state index contributed by atoms with van der Waals surface area (Å²) in [6.07, 6.45) is 1.73. The maximum absolute atomic E-state index is 5.54. The number of hydrogen-bond donors (Lipinski definition) is 2. The molecule has 4 heterocycles. The van der Waals surface area contributed by atoms with Gasteiger partial charge in [-0.25, -0.2) is 4.98 Å². The Kier molecular flexibility index (Phi) is 4.36. The van der Waals surface area contributed by atoms with Crippen LogP contribution in [0.2, 0.25) is 0 Å². The monoisotopic (exact) mass is 442 g/mol. The van der Waals surface area contributed by atoms with E-state index in [1.165, 1.54) is 0 Å². The molecule has 1 atom stereocenters. The van der Waals surface area contributed by atoms with Gasteiger partial charge >= 0.3 is 0 Å². The lowest BCUT2D eigenvalue weighted by atomic mass is 10.3. The largest absolute Gasteiger partial charge is 0.377 e. The molecule has 0 spiro atoms. The van der Waals surface area contributed by atoms with Crippen molar-refractivity contribution in [2.24, 2.45) is 0 Å². The van der Waals surface area contributed by atoms with Crippen LogP contribution in [0.4, 0.5) is 11.9 Å². The molecule has 1 aliphatic heterocycles. The van der Waals surface area contributed by atoms with Crippen LogP contribution < -0.4 is 10.2 Å². The Balaban J connectivity index is 1.48. The van der Waals surface area contributed by atoms with Gasteiger partial charge < -0.3 is 19.9 Å². The maximum Gasteiger partial charge on any atom is 0.231 e. The minimum Gasteiger partial charge on any atom is -0.377 e. The smallest absolute Gasteiger partial charge is 0.231 e. The Morgan fingerprint density at radius 3 is 3.04 bits per heavy atom. The van der Waals surface area contributed by atoms with Crippen molar-refractivity contribution in [3.05, 3.63) is 40.8 Å². The van der Waals surface area contributed by atoms with Crippen LogP contribution in [0.3, 0.4) is 0 Å². The van der Waals surface area contributed by atoms with Gasteiger partial charge in [0.2, 0.25) is 11.9 Å². The molecule has 1 aliphatic rings. The number of aromatic nitrogens is 6. The molecule has 0 saturated carbocycles. The predicted molar refractivity (Wildman–Crippen MR) is 110 cm³/mol. The van der Waals surface area contributed by atoms with E-state index in [1.807, 2.05) is 24.3 Å². The van der Waals surface area contributed by atoms with Gasteiger partial charge in [-0.2, -0.15) is 19.6 Å². The number of nitrogens with zero attached hydrogens (tertiary/aromatic N) is 6. The normalized spacial score (nSPS) is 17.5. The molecule has 144 valence electrons. The number of aromatic amines is 1. The lowest BCUT2D eigenvalue weighted by Crippen LogP contribution is -2.44. The second-order valence-corrected chi connectivity index (χ2v) is 7.60. The van der Waals surface area contributed by atoms with E-state index in [2.05, 4.69) is 48.1 Å². The molecule has 4 aromatic rings. The van der Waals surface area contributed by atoms with Crippen LogP contribution >= 0.6 is 15.9 Å². The number of ether oxygens (including phenoxy) is 1. The van der Waals surface area contributed by atoms with Crippen molar-refractivity contribution in [2.45, 2.75) is 19.5 Å². The number of morpholine rings is 1. The van der Waals surface area contributed by atoms with Gasteiger partial charge in [-0.15, -0.1) is 0 Å². The van der Waals surface area contributed by atoms with Crippen LogP contribution in [0.15, 0.2) is 34.9 Å². The van der Waals surface area contributed by atoms with Crippen LogP contribution in [0.5, 0.6) is 0 Å². The summed E-state index contributed by atoms with van der Waals surface area (Å²) in [6, 6.07) is 8.17. The lowest BCUT2D eigenvalue weighted by Gasteiger charge is -2.33. The molecular weight excluding hydrogens is 424 g/mol. The highest BCUT2D eigenvalue weighted by Gasteiger charge is 2.23. The van der Waals surface area contributed by atoms with Crippen molar-refractivity contribution in [2.75, 3.05) is 30.0 Å². The number of anilines is 2. The van der Waals surface area contributed by atoms with Crippen molar-refractivity contribution in [1.29, 1.82) is 0 Å². The summed E-state index contributed by atoms with van der Waals surface area (Å²) in [5.74, 6) is 2.11. The third-order valence-corrected chi connectivity index (χ3v) is 5.35. The maximum atomic E-state index is 5.54. The number of nitrogens with one attached hydrogen (secondary N) is 2. The molecule has 1 aromatic carbocycles. The van der Waals surface area contributed by atoms with E-state index < -0.39 is 0 Å². The van der Waals surface area contributed by atoms with E-state index in [-0.39, 0.29) is 6.04 Å². The highest BCUT2D eigenvalue weighted by molar-refractivity contribution is 9.10. The Morgan fingerprint density at radius 2 is 2.18 bits per heavy atom. The van der Waals surface area contributed by atoms with Gasteiger partial charge in [0, 0.05) is 6.54 Å². The van der Waals surface area contributed by atoms with E-state index in [4.69, 9.17) is 14.7 Å². The summed E-state index contributed by atoms with van der Waals surface area (Å²) in [5, 5.41) is 7.74. The molecule has 0 amide bonds. The molecule has 0 radical (unpaired) electrons. The number of imidazole rings is 1. The Labute approximate surface area is 169 Å². The number of H-pyrrole nitrogens is 1. The summed E-state index contributed by atoms with van der Waals surface area (Å²) in [5.41, 5.74) is 2.67. The molecule has 1 fully saturated rings. The molecule has 0 bridgehead atoms. The van der Waals surface area contributed by atoms with Crippen molar-refractivity contribution in [1.82, 2.24) is 29.5 Å². The summed E-state index contributed by atoms with van der Waals surface area (Å²) in [6.45, 7) is 4.69. The minimum absolute atomic E-state index is 0.209. The van der Waals surface area contributed by atoms with Gasteiger partial charge in [-0.05, 0) is 35.0 Å². The highest BCUT2D eigenvalue weighted by atomic mass is 79.9. The molecular formula is C18H19BrN8O. The molecule has 0 unspecified atom stereocenters. The topological polar surface area (TPSA) is 96.3 Å². The van der Waals surface area contributed by atoms with Crippen LogP contribution in [0.25, 0.3) is 16.7 Å². The molecule has 10 heteroatoms. The first-order chi connectivity index (χ1) is 13.7. The summed E-state index contributed by atoms with van der Waals surface area (Å²) < 4.78 is 8.06. The quantitative estimate of drug-likeness (QED) is 0.501. The van der Waals surface area contributed by atoms with Crippen molar-refractivity contribution >= 4 is 44.5 Å².